The van der Waals surface area contributed by atoms with Crippen molar-refractivity contribution in [2.75, 3.05) is 19.5 Å². The van der Waals surface area contributed by atoms with Gasteiger partial charge in [-0.1, -0.05) is 12.1 Å². The third-order valence-corrected chi connectivity index (χ3v) is 3.86. The zero-order valence-corrected chi connectivity index (χ0v) is 15.1. The summed E-state index contributed by atoms with van der Waals surface area (Å²) in [6.45, 7) is -0.677. The average Bonchev–Trinajstić information content (AvgIpc) is 2.68. The van der Waals surface area contributed by atoms with Gasteiger partial charge in [0.05, 0.1) is 7.11 Å². The number of methoxy groups -OCH3 is 1. The number of ether oxygens (including phenoxy) is 2. The van der Waals surface area contributed by atoms with Gasteiger partial charge in [0.2, 0.25) is 5.78 Å². The molecule has 0 fully saturated rings. The van der Waals surface area contributed by atoms with Crippen molar-refractivity contribution in [2.45, 2.75) is 0 Å². The maximum Gasteiger partial charge on any atom is 0.332 e. The second-order valence-electron chi connectivity index (χ2n) is 5.60. The predicted molar refractivity (Wildman–Crippen MR) is 98.7 cm³/mol. The molecule has 0 saturated heterocycles. The van der Waals surface area contributed by atoms with E-state index in [1.165, 1.54) is 20.2 Å². The van der Waals surface area contributed by atoms with E-state index in [-0.39, 0.29) is 5.82 Å². The molecule has 2 aromatic rings. The van der Waals surface area contributed by atoms with Gasteiger partial charge in [0, 0.05) is 20.2 Å². The minimum atomic E-state index is -0.842. The van der Waals surface area contributed by atoms with Crippen LogP contribution in [0.4, 0.5) is 5.82 Å². The number of hydrogen-bond acceptors (Lipinski definition) is 7. The number of nitrogens with two attached hydrogens (primary N) is 1. The molecule has 0 atom stereocenters. The first-order chi connectivity index (χ1) is 12.8. The molecule has 1 aromatic heterocycles. The van der Waals surface area contributed by atoms with E-state index in [0.717, 1.165) is 20.8 Å². The number of Topliss-reactive ketones (excluding diaryl/α,β-unsaturated/α-hetero) is 1. The minimum Gasteiger partial charge on any atom is -0.497 e. The van der Waals surface area contributed by atoms with Crippen molar-refractivity contribution in [1.29, 1.82) is 0 Å². The van der Waals surface area contributed by atoms with Crippen LogP contribution >= 0.6 is 0 Å². The van der Waals surface area contributed by atoms with Gasteiger partial charge >= 0.3 is 11.7 Å². The van der Waals surface area contributed by atoms with Gasteiger partial charge in [0.1, 0.15) is 17.1 Å². The molecule has 0 spiro atoms. The third kappa shape index (κ3) is 4.32. The van der Waals surface area contributed by atoms with Crippen LogP contribution in [0.5, 0.6) is 5.75 Å². The molecule has 0 aliphatic heterocycles. The molecular weight excluding hydrogens is 354 g/mol. The molecule has 0 saturated carbocycles. The summed E-state index contributed by atoms with van der Waals surface area (Å²) in [6, 6.07) is 6.94. The van der Waals surface area contributed by atoms with E-state index in [1.807, 2.05) is 0 Å². The Hall–Kier alpha value is -3.62. The number of carbonyl (C=O) groups excluding carboxylic acids is 2. The number of hydrogen-bond donors (Lipinski definition) is 1. The highest BCUT2D eigenvalue weighted by atomic mass is 16.5. The van der Waals surface area contributed by atoms with Gasteiger partial charge in [-0.2, -0.15) is 0 Å². The van der Waals surface area contributed by atoms with E-state index < -0.39 is 35.2 Å². The van der Waals surface area contributed by atoms with Gasteiger partial charge in [-0.25, -0.2) is 9.59 Å². The Balaban J connectivity index is 2.07. The lowest BCUT2D eigenvalue weighted by Crippen LogP contribution is -2.42. The minimum absolute atomic E-state index is 0.280. The Bertz CT molecular complexity index is 1020. The van der Waals surface area contributed by atoms with Crippen molar-refractivity contribution in [3.8, 4) is 5.75 Å². The molecule has 2 N–H and O–H groups in total. The molecule has 27 heavy (non-hydrogen) atoms. The molecule has 1 aromatic carbocycles. The largest absolute Gasteiger partial charge is 0.497 e. The lowest BCUT2D eigenvalue weighted by Gasteiger charge is -2.10. The summed E-state index contributed by atoms with van der Waals surface area (Å²) >= 11 is 0. The Morgan fingerprint density at radius 3 is 2.33 bits per heavy atom. The molecule has 0 amide bonds. The summed E-state index contributed by atoms with van der Waals surface area (Å²) in [5.41, 5.74) is 4.52. The van der Waals surface area contributed by atoms with Crippen LogP contribution in [0.25, 0.3) is 6.08 Å². The predicted octanol–water partition coefficient (Wildman–Crippen LogP) is 0.114. The second kappa shape index (κ2) is 8.17. The van der Waals surface area contributed by atoms with Crippen molar-refractivity contribution < 1.29 is 19.1 Å². The van der Waals surface area contributed by atoms with E-state index in [2.05, 4.69) is 0 Å². The van der Waals surface area contributed by atoms with E-state index >= 15 is 0 Å². The zero-order valence-electron chi connectivity index (χ0n) is 15.1. The van der Waals surface area contributed by atoms with E-state index in [1.54, 1.807) is 31.4 Å². The first kappa shape index (κ1) is 19.7. The van der Waals surface area contributed by atoms with Crippen molar-refractivity contribution in [3.63, 3.8) is 0 Å². The lowest BCUT2D eigenvalue weighted by molar-refractivity contribution is -0.136. The van der Waals surface area contributed by atoms with Crippen molar-refractivity contribution in [2.24, 2.45) is 14.1 Å². The summed E-state index contributed by atoms with van der Waals surface area (Å²) in [7, 11) is 4.10. The fourth-order valence-electron chi connectivity index (χ4n) is 2.26. The second-order valence-corrected chi connectivity index (χ2v) is 5.60. The van der Waals surface area contributed by atoms with Crippen LogP contribution in [-0.2, 0) is 23.6 Å². The van der Waals surface area contributed by atoms with E-state index in [4.69, 9.17) is 15.2 Å². The zero-order chi connectivity index (χ0) is 20.1. The number of anilines is 1. The highest BCUT2D eigenvalue weighted by Gasteiger charge is 2.21. The number of rotatable bonds is 6. The van der Waals surface area contributed by atoms with Crippen molar-refractivity contribution in [1.82, 2.24) is 9.13 Å². The summed E-state index contributed by atoms with van der Waals surface area (Å²) < 4.78 is 11.6. The molecule has 0 radical (unpaired) electrons. The maximum absolute atomic E-state index is 12.2. The molecule has 1 heterocycles. The number of nitrogen functional groups attached to an aromatic ring is 1. The quantitative estimate of drug-likeness (QED) is 0.433. The summed E-state index contributed by atoms with van der Waals surface area (Å²) in [6.07, 6.45) is 2.66. The van der Waals surface area contributed by atoms with Gasteiger partial charge in [-0.05, 0) is 23.8 Å². The first-order valence-corrected chi connectivity index (χ1v) is 7.83. The van der Waals surface area contributed by atoms with Gasteiger partial charge in [-0.15, -0.1) is 0 Å². The number of ketones is 1. The maximum atomic E-state index is 12.2. The van der Waals surface area contributed by atoms with Crippen LogP contribution in [0.15, 0.2) is 39.9 Å². The van der Waals surface area contributed by atoms with Gasteiger partial charge in [-0.3, -0.25) is 18.7 Å². The van der Waals surface area contributed by atoms with Gasteiger partial charge in [0.25, 0.3) is 5.56 Å². The fourth-order valence-corrected chi connectivity index (χ4v) is 2.26. The summed E-state index contributed by atoms with van der Waals surface area (Å²) in [4.78, 5) is 47.8. The van der Waals surface area contributed by atoms with Crippen LogP contribution in [0.3, 0.4) is 0 Å². The number of aromatic nitrogens is 2. The third-order valence-electron chi connectivity index (χ3n) is 3.86. The molecule has 0 unspecified atom stereocenters. The number of benzene rings is 1. The van der Waals surface area contributed by atoms with Crippen LogP contribution in [0.2, 0.25) is 0 Å². The number of nitrogens with zero attached hydrogens (tertiary/aromatic N) is 2. The molecule has 142 valence electrons. The lowest BCUT2D eigenvalue weighted by atomic mass is 10.2. The number of esters is 1. The molecule has 0 bridgehead atoms. The summed E-state index contributed by atoms with van der Waals surface area (Å²) in [5, 5.41) is 0. The van der Waals surface area contributed by atoms with Gasteiger partial charge < -0.3 is 15.2 Å². The van der Waals surface area contributed by atoms with Crippen LogP contribution < -0.4 is 21.7 Å². The van der Waals surface area contributed by atoms with Gasteiger partial charge in [0.15, 0.2) is 6.61 Å². The molecule has 9 nitrogen and oxygen atoms in total. The van der Waals surface area contributed by atoms with E-state index in [0.29, 0.717) is 5.75 Å². The Morgan fingerprint density at radius 2 is 1.74 bits per heavy atom. The average molecular weight is 373 g/mol. The highest BCUT2D eigenvalue weighted by Crippen LogP contribution is 2.12. The molecule has 0 aliphatic rings. The first-order valence-electron chi connectivity index (χ1n) is 7.83. The topological polar surface area (TPSA) is 123 Å². The standard InChI is InChI=1S/C18H19N3O6/c1-20-16(19)15(17(24)21(2)18(20)25)13(22)10-27-14(23)9-6-11-4-7-12(26-3)8-5-11/h4-9H,10,19H2,1-3H3. The molecule has 0 aliphatic carbocycles. The van der Waals surface area contributed by atoms with Crippen molar-refractivity contribution in [3.05, 3.63) is 62.3 Å². The Labute approximate surface area is 154 Å². The fraction of sp³-hybridized carbons (Fsp3) is 0.222. The smallest absolute Gasteiger partial charge is 0.332 e. The number of carbonyl (C=O) groups is 2. The molecule has 9 heteroatoms. The molecule has 2 rings (SSSR count). The van der Waals surface area contributed by atoms with Crippen LogP contribution in [0.1, 0.15) is 15.9 Å². The van der Waals surface area contributed by atoms with Crippen LogP contribution in [-0.4, -0.2) is 34.6 Å². The molecular formula is C18H19N3O6. The highest BCUT2D eigenvalue weighted by molar-refractivity contribution is 6.01. The Morgan fingerprint density at radius 1 is 1.11 bits per heavy atom. The SMILES string of the molecule is COc1ccc(C=CC(=O)OCC(=O)c2c(N)n(C)c(=O)n(C)c2=O)cc1. The van der Waals surface area contributed by atoms with E-state index in [9.17, 15) is 19.2 Å². The monoisotopic (exact) mass is 373 g/mol. The Kier molecular flexibility index (Phi) is 5.96. The van der Waals surface area contributed by atoms with Crippen LogP contribution in [0, 0.1) is 0 Å². The normalized spacial score (nSPS) is 10.8. The summed E-state index contributed by atoms with van der Waals surface area (Å²) in [5.74, 6) is -1.16. The van der Waals surface area contributed by atoms with Crippen molar-refractivity contribution >= 4 is 23.6 Å².